The second-order valence-electron chi connectivity index (χ2n) is 10.1. The van der Waals surface area contributed by atoms with Crippen LogP contribution in [0.3, 0.4) is 0 Å². The van der Waals surface area contributed by atoms with Crippen molar-refractivity contribution in [1.29, 1.82) is 0 Å². The summed E-state index contributed by atoms with van der Waals surface area (Å²) in [5.41, 5.74) is 2.49. The molecule has 0 radical (unpaired) electrons. The molecule has 3 unspecified atom stereocenters. The number of aliphatic hydroxyl groups is 1. The van der Waals surface area contributed by atoms with Gasteiger partial charge in [0.2, 0.25) is 0 Å². The average Bonchev–Trinajstić information content (AvgIpc) is 3.04. The van der Waals surface area contributed by atoms with Crippen molar-refractivity contribution in [2.75, 3.05) is 13.2 Å². The maximum absolute atomic E-state index is 12.0. The Balaban J connectivity index is 1.42. The normalized spacial score (nSPS) is 43.1. The molecule has 3 fully saturated rings. The van der Waals surface area contributed by atoms with Crippen molar-refractivity contribution in [3.63, 3.8) is 0 Å². The van der Waals surface area contributed by atoms with Crippen molar-refractivity contribution >= 4 is 6.09 Å². The van der Waals surface area contributed by atoms with Crippen LogP contribution in [0.15, 0.2) is 11.6 Å². The molecular weight excluding hydrogens is 338 g/mol. The van der Waals surface area contributed by atoms with Gasteiger partial charge in [-0.2, -0.15) is 0 Å². The molecule has 4 aliphatic carbocycles. The van der Waals surface area contributed by atoms with Crippen LogP contribution in [0.2, 0.25) is 0 Å². The van der Waals surface area contributed by atoms with Crippen molar-refractivity contribution in [3.05, 3.63) is 11.6 Å². The number of carbonyl (C=O) groups excluding carboxylic acids is 1. The van der Waals surface area contributed by atoms with Gasteiger partial charge in [-0.25, -0.2) is 4.79 Å². The van der Waals surface area contributed by atoms with Crippen molar-refractivity contribution in [1.82, 2.24) is 5.32 Å². The molecule has 0 aromatic carbocycles. The van der Waals surface area contributed by atoms with Gasteiger partial charge in [-0.05, 0) is 80.0 Å². The first-order valence-corrected chi connectivity index (χ1v) is 11.2. The first kappa shape index (κ1) is 19.3. The molecule has 4 heteroatoms. The zero-order chi connectivity index (χ0) is 19.1. The van der Waals surface area contributed by atoms with Crippen molar-refractivity contribution in [2.24, 2.45) is 28.6 Å². The van der Waals surface area contributed by atoms with E-state index in [9.17, 15) is 4.79 Å². The van der Waals surface area contributed by atoms with E-state index in [-0.39, 0.29) is 18.8 Å². The highest BCUT2D eigenvalue weighted by atomic mass is 16.6. The Morgan fingerprint density at radius 1 is 1.22 bits per heavy atom. The molecule has 0 saturated heterocycles. The van der Waals surface area contributed by atoms with Gasteiger partial charge >= 0.3 is 6.09 Å². The standard InChI is InChI=1S/C23H37NO3/c1-22-10-3-5-19(22)18-7-6-16-15-17(27-21(26)24-13-4-14-25)8-12-23(16,2)20(18)9-11-22/h6,17-20,25H,3-5,7-15H2,1-2H3,(H,24,26)/t17-,18?,19?,20?,22-,23-/m1/s1. The maximum Gasteiger partial charge on any atom is 0.407 e. The molecule has 0 aromatic heterocycles. The monoisotopic (exact) mass is 375 g/mol. The lowest BCUT2D eigenvalue weighted by atomic mass is 9.48. The van der Waals surface area contributed by atoms with Gasteiger partial charge in [0.1, 0.15) is 6.10 Å². The summed E-state index contributed by atoms with van der Waals surface area (Å²) in [6.07, 6.45) is 14.2. The maximum atomic E-state index is 12.0. The lowest BCUT2D eigenvalue weighted by Gasteiger charge is -2.57. The first-order chi connectivity index (χ1) is 13.0. The van der Waals surface area contributed by atoms with E-state index in [0.29, 0.717) is 23.8 Å². The number of ether oxygens (including phenoxy) is 1. The zero-order valence-electron chi connectivity index (χ0n) is 17.1. The summed E-state index contributed by atoms with van der Waals surface area (Å²) in [6.45, 7) is 5.64. The van der Waals surface area contributed by atoms with Crippen LogP contribution in [0.5, 0.6) is 0 Å². The summed E-state index contributed by atoms with van der Waals surface area (Å²) < 4.78 is 5.68. The minimum Gasteiger partial charge on any atom is -0.446 e. The van der Waals surface area contributed by atoms with Gasteiger partial charge in [0.15, 0.2) is 0 Å². The highest BCUT2D eigenvalue weighted by Gasteiger charge is 2.55. The number of aliphatic hydroxyl groups excluding tert-OH is 1. The Hall–Kier alpha value is -1.03. The van der Waals surface area contributed by atoms with Gasteiger partial charge < -0.3 is 15.2 Å². The lowest BCUT2D eigenvalue weighted by Crippen LogP contribution is -2.49. The number of allylic oxidation sites excluding steroid dienone is 1. The Morgan fingerprint density at radius 2 is 2.07 bits per heavy atom. The van der Waals surface area contributed by atoms with Crippen LogP contribution in [0, 0.1) is 28.6 Å². The average molecular weight is 376 g/mol. The van der Waals surface area contributed by atoms with Crippen LogP contribution in [-0.4, -0.2) is 30.5 Å². The fourth-order valence-electron chi connectivity index (χ4n) is 7.18. The van der Waals surface area contributed by atoms with E-state index < -0.39 is 0 Å². The quantitative estimate of drug-likeness (QED) is 0.547. The number of amides is 1. The van der Waals surface area contributed by atoms with Crippen LogP contribution in [0.4, 0.5) is 4.79 Å². The number of rotatable bonds is 4. The summed E-state index contributed by atoms with van der Waals surface area (Å²) in [5.74, 6) is 2.63. The second kappa shape index (κ2) is 7.42. The second-order valence-corrected chi connectivity index (χ2v) is 10.1. The molecule has 152 valence electrons. The van der Waals surface area contributed by atoms with E-state index in [1.54, 1.807) is 5.57 Å². The highest BCUT2D eigenvalue weighted by molar-refractivity contribution is 5.67. The zero-order valence-corrected chi connectivity index (χ0v) is 17.1. The van der Waals surface area contributed by atoms with Gasteiger partial charge in [-0.1, -0.05) is 31.9 Å². The molecule has 0 heterocycles. The smallest absolute Gasteiger partial charge is 0.407 e. The van der Waals surface area contributed by atoms with Gasteiger partial charge in [-0.3, -0.25) is 0 Å². The number of nitrogens with one attached hydrogen (secondary N) is 1. The van der Waals surface area contributed by atoms with Gasteiger partial charge in [-0.15, -0.1) is 0 Å². The van der Waals surface area contributed by atoms with E-state index in [1.807, 2.05) is 0 Å². The third kappa shape index (κ3) is 3.43. The molecule has 4 nitrogen and oxygen atoms in total. The molecule has 0 aromatic rings. The molecule has 27 heavy (non-hydrogen) atoms. The van der Waals surface area contributed by atoms with E-state index >= 15 is 0 Å². The topological polar surface area (TPSA) is 58.6 Å². The molecule has 0 spiro atoms. The third-order valence-electron chi connectivity index (χ3n) is 8.72. The number of fused-ring (bicyclic) bond motifs is 5. The Labute approximate surface area is 164 Å². The summed E-state index contributed by atoms with van der Waals surface area (Å²) in [4.78, 5) is 12.0. The van der Waals surface area contributed by atoms with E-state index in [0.717, 1.165) is 37.0 Å². The van der Waals surface area contributed by atoms with E-state index in [2.05, 4.69) is 25.2 Å². The molecule has 3 saturated carbocycles. The van der Waals surface area contributed by atoms with Crippen LogP contribution < -0.4 is 5.32 Å². The SMILES string of the molecule is C[C@]12CCCC1C1CC=C3C[C@H](OC(=O)NCCCO)CC[C@@]3(C)C1CC2. The van der Waals surface area contributed by atoms with Gasteiger partial charge in [0, 0.05) is 19.6 Å². The molecule has 0 aliphatic heterocycles. The fraction of sp³-hybridized carbons (Fsp3) is 0.870. The number of alkyl carbamates (subject to hydrolysis) is 1. The predicted molar refractivity (Wildman–Crippen MR) is 106 cm³/mol. The molecule has 1 amide bonds. The van der Waals surface area contributed by atoms with Gasteiger partial charge in [0.25, 0.3) is 0 Å². The number of carbonyl (C=O) groups is 1. The first-order valence-electron chi connectivity index (χ1n) is 11.2. The van der Waals surface area contributed by atoms with Crippen LogP contribution in [0.25, 0.3) is 0 Å². The van der Waals surface area contributed by atoms with E-state index in [1.165, 1.54) is 38.5 Å². The molecule has 4 aliphatic rings. The van der Waals surface area contributed by atoms with Gasteiger partial charge in [0.05, 0.1) is 0 Å². The fourth-order valence-corrected chi connectivity index (χ4v) is 7.18. The third-order valence-corrected chi connectivity index (χ3v) is 8.72. The molecule has 4 rings (SSSR count). The summed E-state index contributed by atoms with van der Waals surface area (Å²) >= 11 is 0. The largest absolute Gasteiger partial charge is 0.446 e. The summed E-state index contributed by atoms with van der Waals surface area (Å²) in [6, 6.07) is 0. The highest BCUT2D eigenvalue weighted by Crippen LogP contribution is 2.64. The van der Waals surface area contributed by atoms with Crippen molar-refractivity contribution in [2.45, 2.75) is 84.2 Å². The minimum atomic E-state index is -0.328. The number of hydrogen-bond donors (Lipinski definition) is 2. The van der Waals surface area contributed by atoms with Crippen molar-refractivity contribution in [3.8, 4) is 0 Å². The van der Waals surface area contributed by atoms with Crippen LogP contribution in [-0.2, 0) is 4.74 Å². The Morgan fingerprint density at radius 3 is 2.89 bits per heavy atom. The van der Waals surface area contributed by atoms with Crippen LogP contribution >= 0.6 is 0 Å². The Bertz CT molecular complexity index is 602. The van der Waals surface area contributed by atoms with Crippen molar-refractivity contribution < 1.29 is 14.6 Å². The Kier molecular flexibility index (Phi) is 5.30. The minimum absolute atomic E-state index is 0.00957. The summed E-state index contributed by atoms with van der Waals surface area (Å²) in [5, 5.41) is 11.6. The lowest BCUT2D eigenvalue weighted by molar-refractivity contribution is -0.0377. The van der Waals surface area contributed by atoms with Crippen LogP contribution in [0.1, 0.15) is 78.1 Å². The molecular formula is C23H37NO3. The molecule has 2 N–H and O–H groups in total. The predicted octanol–water partition coefficient (Wildman–Crippen LogP) is 4.82. The molecule has 6 atom stereocenters. The summed E-state index contributed by atoms with van der Waals surface area (Å²) in [7, 11) is 0. The van der Waals surface area contributed by atoms with E-state index in [4.69, 9.17) is 9.84 Å². The molecule has 0 bridgehead atoms. The number of hydrogen-bond acceptors (Lipinski definition) is 3.